The molecule has 1 atom stereocenters. The van der Waals surface area contributed by atoms with Gasteiger partial charge in [0.1, 0.15) is 11.6 Å². The molecule has 1 heterocycles. The zero-order chi connectivity index (χ0) is 12.4. The van der Waals surface area contributed by atoms with Crippen LogP contribution in [-0.2, 0) is 11.2 Å². The number of hydrogen-bond donors (Lipinski definition) is 1. The van der Waals surface area contributed by atoms with Gasteiger partial charge in [-0.05, 0) is 52.6 Å². The molecule has 1 aliphatic heterocycles. The van der Waals surface area contributed by atoms with E-state index in [1.165, 1.54) is 6.07 Å². The molecule has 0 aromatic heterocycles. The number of ketones is 1. The lowest BCUT2D eigenvalue weighted by Gasteiger charge is -2.31. The van der Waals surface area contributed by atoms with Crippen molar-refractivity contribution in [2.24, 2.45) is 11.8 Å². The summed E-state index contributed by atoms with van der Waals surface area (Å²) in [6.07, 6.45) is 0.385. The highest BCUT2D eigenvalue weighted by molar-refractivity contribution is 9.10. The first-order valence-corrected chi connectivity index (χ1v) is 6.54. The van der Waals surface area contributed by atoms with E-state index in [9.17, 15) is 9.18 Å². The normalized spacial score (nSPS) is 17.6. The van der Waals surface area contributed by atoms with E-state index in [-0.39, 0.29) is 17.5 Å². The fourth-order valence-corrected chi connectivity index (χ4v) is 2.37. The van der Waals surface area contributed by atoms with Crippen molar-refractivity contribution in [2.45, 2.75) is 13.3 Å². The molecule has 1 N–H and O–H groups in total. The van der Waals surface area contributed by atoms with Gasteiger partial charge in [0.05, 0.1) is 4.47 Å². The van der Waals surface area contributed by atoms with Gasteiger partial charge >= 0.3 is 0 Å². The summed E-state index contributed by atoms with van der Waals surface area (Å²) in [7, 11) is 0. The summed E-state index contributed by atoms with van der Waals surface area (Å²) in [5.41, 5.74) is 0.863. The van der Waals surface area contributed by atoms with Crippen LogP contribution in [0.2, 0.25) is 0 Å². The van der Waals surface area contributed by atoms with Gasteiger partial charge in [0.25, 0.3) is 0 Å². The van der Waals surface area contributed by atoms with Crippen LogP contribution in [0.3, 0.4) is 0 Å². The average Bonchev–Trinajstić information content (AvgIpc) is 2.21. The monoisotopic (exact) mass is 299 g/mol. The molecular weight excluding hydrogens is 285 g/mol. The van der Waals surface area contributed by atoms with Crippen molar-refractivity contribution >= 4 is 21.7 Å². The number of halogens is 2. The molecule has 0 radical (unpaired) electrons. The van der Waals surface area contributed by atoms with Crippen LogP contribution in [0.15, 0.2) is 22.7 Å². The maximum absolute atomic E-state index is 13.0. The van der Waals surface area contributed by atoms with Crippen LogP contribution in [0.4, 0.5) is 4.39 Å². The van der Waals surface area contributed by atoms with Gasteiger partial charge in [-0.1, -0.05) is 13.0 Å². The Kier molecular flexibility index (Phi) is 3.94. The summed E-state index contributed by atoms with van der Waals surface area (Å²) in [6.45, 7) is 3.84. The molecule has 2 rings (SSSR count). The molecule has 1 aromatic rings. The lowest BCUT2D eigenvalue weighted by Crippen LogP contribution is -2.47. The summed E-state index contributed by atoms with van der Waals surface area (Å²) in [6, 6.07) is 4.74. The van der Waals surface area contributed by atoms with Gasteiger partial charge in [0, 0.05) is 12.3 Å². The standard InChI is InChI=1S/C13H15BrFNO/c1-8(10-6-16-7-10)13(17)5-9-2-3-12(15)11(14)4-9/h2-4,8,10,16H,5-7H2,1H3. The SMILES string of the molecule is CC(C(=O)Cc1ccc(F)c(Br)c1)C1CNC1. The third kappa shape index (κ3) is 2.93. The van der Waals surface area contributed by atoms with Gasteiger partial charge in [-0.15, -0.1) is 0 Å². The van der Waals surface area contributed by atoms with Gasteiger partial charge in [0.15, 0.2) is 0 Å². The van der Waals surface area contributed by atoms with Crippen LogP contribution in [0.25, 0.3) is 0 Å². The third-order valence-electron chi connectivity index (χ3n) is 3.39. The van der Waals surface area contributed by atoms with E-state index in [2.05, 4.69) is 21.2 Å². The smallest absolute Gasteiger partial charge is 0.140 e. The van der Waals surface area contributed by atoms with Gasteiger partial charge in [-0.25, -0.2) is 4.39 Å². The minimum absolute atomic E-state index is 0.0834. The molecule has 0 aliphatic carbocycles. The summed E-state index contributed by atoms with van der Waals surface area (Å²) in [5.74, 6) is 0.485. The molecule has 17 heavy (non-hydrogen) atoms. The van der Waals surface area contributed by atoms with E-state index >= 15 is 0 Å². The third-order valence-corrected chi connectivity index (χ3v) is 4.00. The van der Waals surface area contributed by atoms with Crippen molar-refractivity contribution in [1.82, 2.24) is 5.32 Å². The summed E-state index contributed by atoms with van der Waals surface area (Å²) < 4.78 is 13.5. The number of nitrogens with one attached hydrogen (secondary N) is 1. The number of carbonyl (C=O) groups excluding carboxylic acids is 1. The molecule has 0 spiro atoms. The van der Waals surface area contributed by atoms with Crippen LogP contribution in [0.5, 0.6) is 0 Å². The Morgan fingerprint density at radius 1 is 1.59 bits per heavy atom. The number of carbonyl (C=O) groups is 1. The first-order chi connectivity index (χ1) is 8.08. The van der Waals surface area contributed by atoms with E-state index in [0.29, 0.717) is 16.8 Å². The Morgan fingerprint density at radius 2 is 2.29 bits per heavy atom. The molecule has 1 aliphatic rings. The van der Waals surface area contributed by atoms with Crippen LogP contribution >= 0.6 is 15.9 Å². The largest absolute Gasteiger partial charge is 0.316 e. The number of hydrogen-bond acceptors (Lipinski definition) is 2. The molecular formula is C13H15BrFNO. The zero-order valence-corrected chi connectivity index (χ0v) is 11.3. The highest BCUT2D eigenvalue weighted by Gasteiger charge is 2.28. The highest BCUT2D eigenvalue weighted by atomic mass is 79.9. The molecule has 0 bridgehead atoms. The number of rotatable bonds is 4. The van der Waals surface area contributed by atoms with Crippen molar-refractivity contribution in [3.05, 3.63) is 34.1 Å². The second kappa shape index (κ2) is 5.27. The Morgan fingerprint density at radius 3 is 2.82 bits per heavy atom. The fourth-order valence-electron chi connectivity index (χ4n) is 1.94. The van der Waals surface area contributed by atoms with Crippen molar-refractivity contribution in [2.75, 3.05) is 13.1 Å². The zero-order valence-electron chi connectivity index (χ0n) is 9.67. The van der Waals surface area contributed by atoms with Gasteiger partial charge in [-0.3, -0.25) is 4.79 Å². The minimum Gasteiger partial charge on any atom is -0.316 e. The first kappa shape index (κ1) is 12.7. The average molecular weight is 300 g/mol. The molecule has 1 unspecified atom stereocenters. The molecule has 0 saturated carbocycles. The van der Waals surface area contributed by atoms with Crippen molar-refractivity contribution in [1.29, 1.82) is 0 Å². The topological polar surface area (TPSA) is 29.1 Å². The molecule has 0 amide bonds. The van der Waals surface area contributed by atoms with Crippen LogP contribution in [0.1, 0.15) is 12.5 Å². The number of Topliss-reactive ketones (excluding diaryl/α,β-unsaturated/α-hetero) is 1. The van der Waals surface area contributed by atoms with E-state index < -0.39 is 0 Å². The second-order valence-electron chi connectivity index (χ2n) is 4.60. The molecule has 4 heteroatoms. The fraction of sp³-hybridized carbons (Fsp3) is 0.462. The quantitative estimate of drug-likeness (QED) is 0.926. The predicted octanol–water partition coefficient (Wildman–Crippen LogP) is 2.56. The molecule has 1 aromatic carbocycles. The van der Waals surface area contributed by atoms with Crippen molar-refractivity contribution in [3.8, 4) is 0 Å². The second-order valence-corrected chi connectivity index (χ2v) is 5.45. The van der Waals surface area contributed by atoms with Crippen molar-refractivity contribution in [3.63, 3.8) is 0 Å². The maximum atomic E-state index is 13.0. The van der Waals surface area contributed by atoms with E-state index in [1.54, 1.807) is 12.1 Å². The highest BCUT2D eigenvalue weighted by Crippen LogP contribution is 2.21. The number of benzene rings is 1. The summed E-state index contributed by atoms with van der Waals surface area (Å²) >= 11 is 3.13. The van der Waals surface area contributed by atoms with E-state index in [0.717, 1.165) is 18.7 Å². The summed E-state index contributed by atoms with van der Waals surface area (Å²) in [5, 5.41) is 3.17. The van der Waals surface area contributed by atoms with Crippen LogP contribution < -0.4 is 5.32 Å². The Labute approximate surface area is 109 Å². The van der Waals surface area contributed by atoms with Gasteiger partial charge in [0.2, 0.25) is 0 Å². The minimum atomic E-state index is -0.294. The van der Waals surface area contributed by atoms with Crippen LogP contribution in [-0.4, -0.2) is 18.9 Å². The van der Waals surface area contributed by atoms with Gasteiger partial charge in [-0.2, -0.15) is 0 Å². The van der Waals surface area contributed by atoms with Crippen LogP contribution in [0, 0.1) is 17.7 Å². The molecule has 1 saturated heterocycles. The molecule has 1 fully saturated rings. The van der Waals surface area contributed by atoms with E-state index in [1.807, 2.05) is 6.92 Å². The lowest BCUT2D eigenvalue weighted by molar-refractivity contribution is -0.123. The Balaban J connectivity index is 1.99. The van der Waals surface area contributed by atoms with Gasteiger partial charge < -0.3 is 5.32 Å². The van der Waals surface area contributed by atoms with Crippen molar-refractivity contribution < 1.29 is 9.18 Å². The lowest BCUT2D eigenvalue weighted by atomic mass is 9.84. The Hall–Kier alpha value is -0.740. The first-order valence-electron chi connectivity index (χ1n) is 5.75. The Bertz CT molecular complexity index is 431. The molecule has 92 valence electrons. The maximum Gasteiger partial charge on any atom is 0.140 e. The molecule has 2 nitrogen and oxygen atoms in total. The summed E-state index contributed by atoms with van der Waals surface area (Å²) in [4.78, 5) is 12.0. The predicted molar refractivity (Wildman–Crippen MR) is 68.3 cm³/mol. The van der Waals surface area contributed by atoms with E-state index in [4.69, 9.17) is 0 Å².